The summed E-state index contributed by atoms with van der Waals surface area (Å²) in [5, 5.41) is 5.42. The number of unbranched alkanes of at least 4 members (excludes halogenated alkanes) is 2. The number of urea groups is 1. The molecule has 1 aliphatic carbocycles. The van der Waals surface area contributed by atoms with Crippen LogP contribution in [0.2, 0.25) is 0 Å². The fourth-order valence-corrected chi connectivity index (χ4v) is 15.1. The monoisotopic (exact) mass is 1370 g/mol. The number of ketones is 4. The summed E-state index contributed by atoms with van der Waals surface area (Å²) in [4.78, 5) is 165. The number of rotatable bonds is 41. The highest BCUT2D eigenvalue weighted by Gasteiger charge is 2.53. The van der Waals surface area contributed by atoms with Crippen molar-refractivity contribution in [3.8, 4) is 0 Å². The van der Waals surface area contributed by atoms with Crippen LogP contribution in [0.15, 0.2) is 85.2 Å². The van der Waals surface area contributed by atoms with Gasteiger partial charge in [0.2, 0.25) is 17.7 Å². The Labute approximate surface area is 584 Å². The smallest absolute Gasteiger partial charge is 0.410 e. The Hall–Kier alpha value is -8.05. The zero-order valence-corrected chi connectivity index (χ0v) is 59.8. The number of likely N-dealkylation sites (tertiary alicyclic amines) is 2. The third-order valence-corrected chi connectivity index (χ3v) is 21.0. The summed E-state index contributed by atoms with van der Waals surface area (Å²) < 4.78 is 18.3. The Bertz CT molecular complexity index is 3260. The van der Waals surface area contributed by atoms with Crippen molar-refractivity contribution < 1.29 is 67.0 Å². The van der Waals surface area contributed by atoms with Crippen LogP contribution in [-0.4, -0.2) is 178 Å². The van der Waals surface area contributed by atoms with Gasteiger partial charge in [0, 0.05) is 127 Å². The molecular weight excluding hydrogens is 1260 g/mol. The van der Waals surface area contributed by atoms with Gasteiger partial charge < -0.3 is 40.4 Å². The molecule has 0 radical (unpaired) electrons. The fraction of sp³-hybridized carbons (Fsp3) is 0.618. The Morgan fingerprint density at radius 2 is 1.41 bits per heavy atom. The largest absolute Gasteiger partial charge is 0.445 e. The minimum atomic E-state index is -0.948. The summed E-state index contributed by atoms with van der Waals surface area (Å²) >= 11 is 0. The van der Waals surface area contributed by atoms with Gasteiger partial charge >= 0.3 is 12.1 Å². The number of methoxy groups -OCH3 is 2. The number of carbonyl (C=O) groups excluding carboxylic acids is 11. The number of primary amides is 1. The predicted molar refractivity (Wildman–Crippen MR) is 372 cm³/mol. The number of nitrogens with one attached hydrogen (secondary N) is 2. The predicted octanol–water partition coefficient (Wildman–Crippen LogP) is 8.87. The maximum atomic E-state index is 15.1. The van der Waals surface area contributed by atoms with Gasteiger partial charge in [-0.2, -0.15) is 0 Å². The molecule has 0 unspecified atom stereocenters. The summed E-state index contributed by atoms with van der Waals surface area (Å²) in [6, 6.07) is 15.1. The second-order valence-electron chi connectivity index (χ2n) is 28.4. The molecule has 1 saturated carbocycles. The molecule has 1 aromatic heterocycles. The van der Waals surface area contributed by atoms with E-state index in [1.807, 2.05) is 83.7 Å². The number of imide groups is 1. The number of aromatic nitrogens is 2. The topological polar surface area (TPSA) is 304 Å². The highest BCUT2D eigenvalue weighted by Crippen LogP contribution is 2.44. The number of ether oxygens (including phenoxy) is 3. The zero-order valence-electron chi connectivity index (χ0n) is 59.8. The molecule has 2 bridgehead atoms. The molecule has 3 aromatic rings. The summed E-state index contributed by atoms with van der Waals surface area (Å²) in [5.74, 6) is -4.62. The van der Waals surface area contributed by atoms with Crippen LogP contribution in [-0.2, 0) is 76.8 Å². The molecule has 23 nitrogen and oxygen atoms in total. The Balaban J connectivity index is 0.937. The molecule has 540 valence electrons. The van der Waals surface area contributed by atoms with E-state index in [1.165, 1.54) is 12.2 Å². The van der Waals surface area contributed by atoms with Crippen molar-refractivity contribution in [2.45, 2.75) is 219 Å². The number of nitrogens with zero attached hydrogens (tertiary/aromatic N) is 6. The van der Waals surface area contributed by atoms with Crippen LogP contribution in [0.3, 0.4) is 0 Å². The van der Waals surface area contributed by atoms with Crippen molar-refractivity contribution in [2.24, 2.45) is 47.2 Å². The van der Waals surface area contributed by atoms with Crippen LogP contribution in [0, 0.1) is 41.4 Å². The van der Waals surface area contributed by atoms with Crippen molar-refractivity contribution in [2.75, 3.05) is 40.9 Å². The van der Waals surface area contributed by atoms with Crippen molar-refractivity contribution in [3.05, 3.63) is 108 Å². The lowest BCUT2D eigenvalue weighted by Gasteiger charge is -2.41. The molecular formula is C76H107N9O14. The van der Waals surface area contributed by atoms with Gasteiger partial charge in [0.05, 0.1) is 42.8 Å². The standard InChI is InChI=1S/C76H107N9O14/c1-11-49(6)69(65(97-9)45-68(92)83-38-19-25-61(83)71(98-10)50(7)62(87)42-55(72-78-35-20-36-79-72)39-51-21-14-12-15-22-51)82(8)74(94)59(48(4)5)44-64(89)70-54-30-31-56(41-54)85(70)76(96)99-46-53-28-26-52(27-29-53)40-63(88)60(24-18-34-80-75(77)95)81-73(93)58(47(2)3)43-57(86)23-16-13-17-37-84-66(90)32-33-67(84)91/h12,14-15,20-22,26-29,32-33,35-36,47-50,54-56,58-61,65,69-71H,11,13,16-19,23-25,30-31,34,37-46H2,1-10H3,(H,81,93)(H3,77,80,95)/t49-,50-,54-,55-,56+,58-,59-,60-,61-,65+,69-,70-,71+/m0/s1. The lowest BCUT2D eigenvalue weighted by atomic mass is 9.83. The maximum absolute atomic E-state index is 15.1. The molecule has 13 atom stereocenters. The second-order valence-corrected chi connectivity index (χ2v) is 28.4. The highest BCUT2D eigenvalue weighted by molar-refractivity contribution is 6.12. The van der Waals surface area contributed by atoms with E-state index in [1.54, 1.807) is 73.8 Å². The first-order chi connectivity index (χ1) is 47.3. The average Bonchev–Trinajstić information content (AvgIpc) is 1.62. The van der Waals surface area contributed by atoms with Gasteiger partial charge in [-0.3, -0.25) is 53.0 Å². The Morgan fingerprint density at radius 3 is 2.05 bits per heavy atom. The van der Waals surface area contributed by atoms with E-state index in [-0.39, 0.29) is 153 Å². The van der Waals surface area contributed by atoms with Crippen LogP contribution < -0.4 is 16.4 Å². The number of likely N-dealkylation sites (N-methyl/N-ethyl adjacent to an activating group) is 1. The highest BCUT2D eigenvalue weighted by atomic mass is 16.6. The van der Waals surface area contributed by atoms with Crippen LogP contribution in [0.5, 0.6) is 0 Å². The van der Waals surface area contributed by atoms with Crippen molar-refractivity contribution in [1.29, 1.82) is 0 Å². The van der Waals surface area contributed by atoms with Crippen molar-refractivity contribution in [1.82, 2.24) is 40.2 Å². The SMILES string of the molecule is CC[C@H](C)[C@@H]([C@@H](CC(=O)N1CCC[C@H]1[C@H](OC)[C@@H](C)C(=O)C[C@H](Cc1ccccc1)c1ncccn1)OC)N(C)C(=O)[C@@H](CC(=O)[C@@H]1[C@H]2CC[C@H](C2)N1C(=O)OCc1ccc(CC(=O)[C@H](CCCNC(N)=O)NC(=O)[C@@H](CC(=O)CCCCCN2C(=O)C=CC2=O)C(C)C)cc1)C(C)C. The van der Waals surface area contributed by atoms with Crippen LogP contribution in [0.1, 0.15) is 180 Å². The van der Waals surface area contributed by atoms with Gasteiger partial charge in [0.15, 0.2) is 11.6 Å². The van der Waals surface area contributed by atoms with E-state index in [0.717, 1.165) is 23.3 Å². The van der Waals surface area contributed by atoms with Crippen LogP contribution in [0.4, 0.5) is 9.59 Å². The average molecular weight is 1370 g/mol. The quantitative estimate of drug-likeness (QED) is 0.0353. The molecule has 3 fully saturated rings. The van der Waals surface area contributed by atoms with Crippen molar-refractivity contribution >= 4 is 64.8 Å². The van der Waals surface area contributed by atoms with E-state index < -0.39 is 66.1 Å². The van der Waals surface area contributed by atoms with Gasteiger partial charge in [0.25, 0.3) is 11.8 Å². The maximum Gasteiger partial charge on any atom is 0.410 e. The molecule has 4 heterocycles. The minimum absolute atomic E-state index is 0.00996. The summed E-state index contributed by atoms with van der Waals surface area (Å²) in [5.41, 5.74) is 7.62. The van der Waals surface area contributed by atoms with Crippen molar-refractivity contribution in [3.63, 3.8) is 0 Å². The molecule has 7 rings (SSSR count). The second kappa shape index (κ2) is 37.9. The van der Waals surface area contributed by atoms with E-state index in [2.05, 4.69) is 20.6 Å². The molecule has 0 spiro atoms. The number of piperidine rings is 1. The molecule has 99 heavy (non-hydrogen) atoms. The third-order valence-electron chi connectivity index (χ3n) is 21.0. The first-order valence-corrected chi connectivity index (χ1v) is 35.8. The summed E-state index contributed by atoms with van der Waals surface area (Å²) in [7, 11) is 4.86. The first kappa shape index (κ1) is 78.3. The van der Waals surface area contributed by atoms with E-state index in [4.69, 9.17) is 19.9 Å². The van der Waals surface area contributed by atoms with Crippen LogP contribution in [0.25, 0.3) is 0 Å². The molecule has 23 heteroatoms. The molecule has 2 saturated heterocycles. The van der Waals surface area contributed by atoms with Crippen LogP contribution >= 0.6 is 0 Å². The number of hydrogen-bond acceptors (Lipinski definition) is 16. The summed E-state index contributed by atoms with van der Waals surface area (Å²) in [6.07, 6.45) is 11.0. The minimum Gasteiger partial charge on any atom is -0.445 e. The number of nitrogens with two attached hydrogens (primary N) is 1. The summed E-state index contributed by atoms with van der Waals surface area (Å²) in [6.45, 7) is 14.2. The molecule has 3 aliphatic heterocycles. The number of Topliss-reactive ketones (excluding diaryl/α,β-unsaturated/α-hetero) is 4. The van der Waals surface area contributed by atoms with E-state index >= 15 is 4.79 Å². The number of amides is 8. The first-order valence-electron chi connectivity index (χ1n) is 35.8. The lowest BCUT2D eigenvalue weighted by molar-refractivity contribution is -0.149. The lowest BCUT2D eigenvalue weighted by Crippen LogP contribution is -2.54. The van der Waals surface area contributed by atoms with E-state index in [9.17, 15) is 47.9 Å². The van der Waals surface area contributed by atoms with Gasteiger partial charge in [-0.05, 0) is 111 Å². The van der Waals surface area contributed by atoms with Gasteiger partial charge in [-0.25, -0.2) is 19.6 Å². The third kappa shape index (κ3) is 21.5. The Morgan fingerprint density at radius 1 is 0.737 bits per heavy atom. The normalized spacial score (nSPS) is 20.1. The fourth-order valence-electron chi connectivity index (χ4n) is 15.1. The number of carbonyl (C=O) groups is 11. The zero-order chi connectivity index (χ0) is 72.0. The van der Waals surface area contributed by atoms with Gasteiger partial charge in [0.1, 0.15) is 24.0 Å². The molecule has 4 N–H and O–H groups in total. The molecule has 4 aliphatic rings. The number of benzene rings is 2. The van der Waals surface area contributed by atoms with E-state index in [0.29, 0.717) is 81.3 Å². The van der Waals surface area contributed by atoms with Gasteiger partial charge in [-0.15, -0.1) is 0 Å². The Kier molecular flexibility index (Phi) is 30.0. The molecule has 2 aromatic carbocycles. The van der Waals surface area contributed by atoms with Gasteiger partial charge in [-0.1, -0.05) is 116 Å². The number of hydrogen-bond donors (Lipinski definition) is 3. The number of fused-ring (bicyclic) bond motifs is 2. The molecule has 8 amide bonds.